The number of aromatic nitrogens is 6. The summed E-state index contributed by atoms with van der Waals surface area (Å²) >= 11 is 0. The molecule has 0 atom stereocenters. The highest BCUT2D eigenvalue weighted by molar-refractivity contribution is 6.47. The lowest BCUT2D eigenvalue weighted by Gasteiger charge is -2.34. The van der Waals surface area contributed by atoms with Gasteiger partial charge in [-0.25, -0.2) is 9.80 Å². The molecule has 0 unspecified atom stereocenters. The zero-order valence-electron chi connectivity index (χ0n) is 47.2. The molecule has 2 aliphatic rings. The van der Waals surface area contributed by atoms with Gasteiger partial charge in [0.05, 0.1) is 11.4 Å². The quantitative estimate of drug-likeness (QED) is 0.0644. The van der Waals surface area contributed by atoms with Gasteiger partial charge in [0.25, 0.3) is 23.6 Å². The molecular weight excluding hydrogens is 977 g/mol. The van der Waals surface area contributed by atoms with Crippen LogP contribution in [-0.4, -0.2) is 110 Å². The number of hydrogen-bond acceptors (Lipinski definition) is 14. The molecule has 0 N–H and O–H groups in total. The normalized spacial score (nSPS) is 13.6. The molecule has 396 valence electrons. The van der Waals surface area contributed by atoms with Gasteiger partial charge in [-0.3, -0.25) is 19.2 Å². The van der Waals surface area contributed by atoms with E-state index in [2.05, 4.69) is 55.4 Å². The predicted molar refractivity (Wildman–Crippen MR) is 314 cm³/mol. The summed E-state index contributed by atoms with van der Waals surface area (Å²) in [5.41, 5.74) is 6.92. The number of carbonyl (C=O) groups is 4. The van der Waals surface area contributed by atoms with Crippen LogP contribution in [0.1, 0.15) is 143 Å². The third kappa shape index (κ3) is 7.61. The minimum absolute atomic E-state index is 0.0211. The lowest BCUT2D eigenvalue weighted by atomic mass is 9.78. The first-order valence-electron chi connectivity index (χ1n) is 26.6. The molecule has 0 radical (unpaired) electrons. The van der Waals surface area contributed by atoms with Gasteiger partial charge in [0.15, 0.2) is 11.6 Å². The number of benzene rings is 7. The average molecular weight is 1040 g/mol. The molecule has 0 saturated carbocycles. The average Bonchev–Trinajstić information content (AvgIpc) is 1.86. The molecule has 11 rings (SSSR count). The van der Waals surface area contributed by atoms with Gasteiger partial charge in [-0.05, 0) is 91.7 Å². The molecule has 0 aliphatic carbocycles. The van der Waals surface area contributed by atoms with Gasteiger partial charge in [0.1, 0.15) is 0 Å². The van der Waals surface area contributed by atoms with Crippen LogP contribution in [0.25, 0.3) is 65.9 Å². The maximum atomic E-state index is 16.0. The number of nitrogens with zero attached hydrogens (tertiary/aromatic N) is 12. The van der Waals surface area contributed by atoms with E-state index in [9.17, 15) is 0 Å². The molecule has 16 nitrogen and oxygen atoms in total. The number of hydrogen-bond donors (Lipinski definition) is 0. The molecule has 7 aromatic carbocycles. The Bertz CT molecular complexity index is 3700. The molecule has 4 amide bonds. The van der Waals surface area contributed by atoms with Gasteiger partial charge >= 0.3 is 0 Å². The summed E-state index contributed by atoms with van der Waals surface area (Å²) in [5.74, 6) is 0.133. The van der Waals surface area contributed by atoms with E-state index in [4.69, 9.17) is 29.9 Å². The van der Waals surface area contributed by atoms with Gasteiger partial charge in [-0.1, -0.05) is 104 Å². The van der Waals surface area contributed by atoms with Gasteiger partial charge in [-0.2, -0.15) is 29.9 Å². The number of para-hydroxylation sites is 2. The van der Waals surface area contributed by atoms with Crippen molar-refractivity contribution >= 4 is 102 Å². The number of rotatable bonds is 12. The summed E-state index contributed by atoms with van der Waals surface area (Å²) < 4.78 is 0. The minimum atomic E-state index is -0.485. The van der Waals surface area contributed by atoms with Crippen molar-refractivity contribution in [3.63, 3.8) is 0 Å². The Labute approximate surface area is 454 Å². The molecule has 16 heteroatoms. The summed E-state index contributed by atoms with van der Waals surface area (Å²) in [5, 5.41) is 4.68. The highest BCUT2D eigenvalue weighted by Crippen LogP contribution is 2.53. The van der Waals surface area contributed by atoms with E-state index < -0.39 is 23.6 Å². The largest absolute Gasteiger partial charge is 0.347 e. The first-order valence-corrected chi connectivity index (χ1v) is 26.6. The van der Waals surface area contributed by atoms with Gasteiger partial charge in [0, 0.05) is 111 Å². The molecule has 2 aliphatic heterocycles. The van der Waals surface area contributed by atoms with Crippen LogP contribution in [0.4, 0.5) is 35.2 Å². The number of anilines is 6. The molecule has 4 heterocycles. The van der Waals surface area contributed by atoms with E-state index in [1.54, 1.807) is 31.7 Å². The second kappa shape index (κ2) is 18.5. The minimum Gasteiger partial charge on any atom is -0.347 e. The van der Waals surface area contributed by atoms with Crippen molar-refractivity contribution in [2.24, 2.45) is 0 Å². The molecule has 2 aromatic heterocycles. The van der Waals surface area contributed by atoms with Crippen molar-refractivity contribution in [3.8, 4) is 22.8 Å². The molecule has 0 saturated heterocycles. The monoisotopic (exact) mass is 1040 g/mol. The number of imide groups is 2. The number of amides is 4. The second-order valence-corrected chi connectivity index (χ2v) is 22.7. The number of fused-ring (bicyclic) bond motifs is 2. The van der Waals surface area contributed by atoms with Crippen molar-refractivity contribution in [2.45, 2.75) is 79.1 Å². The second-order valence-electron chi connectivity index (χ2n) is 22.7. The van der Waals surface area contributed by atoms with Crippen molar-refractivity contribution in [2.75, 3.05) is 85.8 Å². The van der Waals surface area contributed by atoms with Crippen LogP contribution in [0, 0.1) is 0 Å². The SMILES string of the molecule is CC(C)c1cccc(C(C)C)c1N1C(=O)c2ccc3c4c(-c5nc(N(C)C)nc(N(C)C)n5)cc5c6c(ccc(c7c(-c8nc(N(C)C)nc(N(C)C)n8)cc(c2c37)C1=O)c64)C(=O)N(c1c(C(C)C)cccc1C(C)C)C5=O. The van der Waals surface area contributed by atoms with Crippen LogP contribution < -0.4 is 29.4 Å². The third-order valence-electron chi connectivity index (χ3n) is 15.3. The van der Waals surface area contributed by atoms with Gasteiger partial charge in [0.2, 0.25) is 23.8 Å². The Morgan fingerprint density at radius 3 is 0.885 bits per heavy atom. The highest BCUT2D eigenvalue weighted by Gasteiger charge is 2.42. The standard InChI is InChI=1S/C62H64N12O4/c1-29(2)33-19-17-20-34(30(3)4)51(33)73-55(75)39-25-23-37-46-42(54-65-61(71(13)14)68-62(66-54)72(15)16)28-44-48-40(56(76)74(58(44)78)52-35(31(5)6)21-18-22-36(52)32(7)8)26-24-38(50(46)48)45-41(27-43(57(73)77)47(39)49(37)45)53-63-59(69(9)10)67-60(64-53)70(11)12/h17-32H,1-16H3. The van der Waals surface area contributed by atoms with E-state index in [1.807, 2.05) is 117 Å². The summed E-state index contributed by atoms with van der Waals surface area (Å²) in [6.07, 6.45) is 0. The zero-order chi connectivity index (χ0) is 55.8. The maximum absolute atomic E-state index is 16.0. The Kier molecular flexibility index (Phi) is 12.2. The lowest BCUT2D eigenvalue weighted by molar-refractivity contribution is 0.0877. The molecular formula is C62H64N12O4. The fourth-order valence-electron chi connectivity index (χ4n) is 11.5. The van der Waals surface area contributed by atoms with Crippen LogP contribution in [0.2, 0.25) is 0 Å². The van der Waals surface area contributed by atoms with Crippen LogP contribution in [-0.2, 0) is 0 Å². The fourth-order valence-corrected chi connectivity index (χ4v) is 11.5. The summed E-state index contributed by atoms with van der Waals surface area (Å²) in [6, 6.07) is 23.0. The third-order valence-corrected chi connectivity index (χ3v) is 15.3. The van der Waals surface area contributed by atoms with E-state index in [1.165, 1.54) is 9.80 Å². The topological polar surface area (TPSA) is 165 Å². The summed E-state index contributed by atoms with van der Waals surface area (Å²) in [7, 11) is 14.8. The van der Waals surface area contributed by atoms with Gasteiger partial charge in [-0.15, -0.1) is 0 Å². The summed E-state index contributed by atoms with van der Waals surface area (Å²) in [4.78, 5) is 103. The Balaban J connectivity index is 1.36. The van der Waals surface area contributed by atoms with Crippen molar-refractivity contribution in [3.05, 3.63) is 117 Å². The van der Waals surface area contributed by atoms with E-state index in [-0.39, 0.29) is 46.4 Å². The Hall–Kier alpha value is -8.66. The molecule has 9 aromatic rings. The van der Waals surface area contributed by atoms with Gasteiger partial charge < -0.3 is 19.6 Å². The van der Waals surface area contributed by atoms with E-state index in [0.29, 0.717) is 101 Å². The highest BCUT2D eigenvalue weighted by atomic mass is 16.2. The van der Waals surface area contributed by atoms with Crippen LogP contribution in [0.15, 0.2) is 72.8 Å². The maximum Gasteiger partial charge on any atom is 0.266 e. The molecule has 0 bridgehead atoms. The smallest absolute Gasteiger partial charge is 0.266 e. The first kappa shape index (κ1) is 51.4. The van der Waals surface area contributed by atoms with E-state index in [0.717, 1.165) is 22.3 Å². The Morgan fingerprint density at radius 2 is 0.615 bits per heavy atom. The zero-order valence-corrected chi connectivity index (χ0v) is 47.2. The van der Waals surface area contributed by atoms with Crippen LogP contribution in [0.3, 0.4) is 0 Å². The number of carbonyl (C=O) groups excluding carboxylic acids is 4. The van der Waals surface area contributed by atoms with E-state index >= 15 is 19.2 Å². The predicted octanol–water partition coefficient (Wildman–Crippen LogP) is 11.8. The molecule has 0 spiro atoms. The fraction of sp³-hybridized carbons (Fsp3) is 0.323. The van der Waals surface area contributed by atoms with Crippen molar-refractivity contribution in [1.82, 2.24) is 29.9 Å². The van der Waals surface area contributed by atoms with Crippen molar-refractivity contribution < 1.29 is 19.2 Å². The summed E-state index contributed by atoms with van der Waals surface area (Å²) in [6.45, 7) is 16.5. The van der Waals surface area contributed by atoms with Crippen LogP contribution >= 0.6 is 0 Å². The first-order chi connectivity index (χ1) is 37.0. The molecule has 78 heavy (non-hydrogen) atoms. The van der Waals surface area contributed by atoms with Crippen molar-refractivity contribution in [1.29, 1.82) is 0 Å². The van der Waals surface area contributed by atoms with Crippen LogP contribution in [0.5, 0.6) is 0 Å². The lowest BCUT2D eigenvalue weighted by Crippen LogP contribution is -2.42. The molecule has 0 fully saturated rings. The Morgan fingerprint density at radius 1 is 0.333 bits per heavy atom.